The molecule has 0 spiro atoms. The van der Waals surface area contributed by atoms with Crippen LogP contribution in [0.3, 0.4) is 0 Å². The largest absolute Gasteiger partial charge is 0.494 e. The maximum absolute atomic E-state index is 12.2. The van der Waals surface area contributed by atoms with Crippen LogP contribution in [0.15, 0.2) is 77.3 Å². The van der Waals surface area contributed by atoms with Crippen LogP contribution < -0.4 is 14.8 Å². The number of benzene rings is 3. The molecular formula is C23H22BrNO3. The van der Waals surface area contributed by atoms with E-state index in [4.69, 9.17) is 9.47 Å². The quantitative estimate of drug-likeness (QED) is 0.473. The molecule has 0 atom stereocenters. The molecule has 0 unspecified atom stereocenters. The van der Waals surface area contributed by atoms with Gasteiger partial charge in [-0.25, -0.2) is 0 Å². The fraction of sp³-hybridized carbons (Fsp3) is 0.174. The van der Waals surface area contributed by atoms with Crippen molar-refractivity contribution in [2.45, 2.75) is 13.3 Å². The molecule has 3 aromatic carbocycles. The van der Waals surface area contributed by atoms with Crippen molar-refractivity contribution in [2.24, 2.45) is 0 Å². The SMILES string of the molecule is CCCOc1ccc(NC(=O)COc2ccc(-c3ccccc3)cc2Br)cc1. The van der Waals surface area contributed by atoms with Crippen molar-refractivity contribution < 1.29 is 14.3 Å². The van der Waals surface area contributed by atoms with Crippen molar-refractivity contribution in [3.63, 3.8) is 0 Å². The lowest BCUT2D eigenvalue weighted by Gasteiger charge is -2.11. The Morgan fingerprint density at radius 3 is 2.36 bits per heavy atom. The predicted octanol–water partition coefficient (Wildman–Crippen LogP) is 5.92. The van der Waals surface area contributed by atoms with Crippen molar-refractivity contribution in [3.8, 4) is 22.6 Å². The number of rotatable bonds is 8. The summed E-state index contributed by atoms with van der Waals surface area (Å²) in [6.07, 6.45) is 0.956. The van der Waals surface area contributed by atoms with Gasteiger partial charge in [-0.15, -0.1) is 0 Å². The van der Waals surface area contributed by atoms with Gasteiger partial charge in [-0.3, -0.25) is 4.79 Å². The maximum atomic E-state index is 12.2. The molecule has 0 aromatic heterocycles. The van der Waals surface area contributed by atoms with E-state index >= 15 is 0 Å². The first-order chi connectivity index (χ1) is 13.7. The number of halogens is 1. The Morgan fingerprint density at radius 1 is 0.929 bits per heavy atom. The summed E-state index contributed by atoms with van der Waals surface area (Å²) in [5.41, 5.74) is 2.91. The zero-order valence-corrected chi connectivity index (χ0v) is 17.2. The minimum atomic E-state index is -0.221. The first-order valence-electron chi connectivity index (χ1n) is 9.16. The topological polar surface area (TPSA) is 47.6 Å². The second kappa shape index (κ2) is 9.95. The third-order valence-electron chi connectivity index (χ3n) is 4.01. The summed E-state index contributed by atoms with van der Waals surface area (Å²) >= 11 is 3.52. The van der Waals surface area contributed by atoms with Crippen LogP contribution in [-0.2, 0) is 4.79 Å². The molecule has 0 bridgehead atoms. The summed E-state index contributed by atoms with van der Waals surface area (Å²) in [6.45, 7) is 2.66. The Morgan fingerprint density at radius 2 is 1.68 bits per heavy atom. The van der Waals surface area contributed by atoms with Gasteiger partial charge in [0.2, 0.25) is 0 Å². The third-order valence-corrected chi connectivity index (χ3v) is 4.63. The van der Waals surface area contributed by atoms with Gasteiger partial charge in [-0.2, -0.15) is 0 Å². The lowest BCUT2D eigenvalue weighted by atomic mass is 10.1. The summed E-state index contributed by atoms with van der Waals surface area (Å²) < 4.78 is 12.0. The molecule has 0 aliphatic rings. The molecular weight excluding hydrogens is 418 g/mol. The van der Waals surface area contributed by atoms with E-state index < -0.39 is 0 Å². The average molecular weight is 440 g/mol. The Balaban J connectivity index is 1.54. The van der Waals surface area contributed by atoms with Gasteiger partial charge in [0.15, 0.2) is 6.61 Å². The summed E-state index contributed by atoms with van der Waals surface area (Å²) in [7, 11) is 0. The number of anilines is 1. The van der Waals surface area contributed by atoms with Crippen LogP contribution in [0.5, 0.6) is 11.5 Å². The monoisotopic (exact) mass is 439 g/mol. The maximum Gasteiger partial charge on any atom is 0.262 e. The Kier molecular flexibility index (Phi) is 7.09. The van der Waals surface area contributed by atoms with E-state index in [1.54, 1.807) is 0 Å². The highest BCUT2D eigenvalue weighted by Crippen LogP contribution is 2.30. The molecule has 0 radical (unpaired) electrons. The van der Waals surface area contributed by atoms with Crippen LogP contribution in [0.25, 0.3) is 11.1 Å². The fourth-order valence-corrected chi connectivity index (χ4v) is 3.12. The van der Waals surface area contributed by atoms with Crippen molar-refractivity contribution in [3.05, 3.63) is 77.3 Å². The van der Waals surface area contributed by atoms with E-state index in [0.29, 0.717) is 18.0 Å². The second-order valence-corrected chi connectivity index (χ2v) is 7.08. The van der Waals surface area contributed by atoms with Crippen LogP contribution in [0, 0.1) is 0 Å². The van der Waals surface area contributed by atoms with Crippen molar-refractivity contribution >= 4 is 27.5 Å². The molecule has 0 aliphatic carbocycles. The fourth-order valence-electron chi connectivity index (χ4n) is 2.62. The average Bonchev–Trinajstić information content (AvgIpc) is 2.73. The first-order valence-corrected chi connectivity index (χ1v) is 9.95. The molecule has 28 heavy (non-hydrogen) atoms. The van der Waals surface area contributed by atoms with Gasteiger partial charge < -0.3 is 14.8 Å². The second-order valence-electron chi connectivity index (χ2n) is 6.22. The summed E-state index contributed by atoms with van der Waals surface area (Å²) in [4.78, 5) is 12.2. The Labute approximate surface area is 173 Å². The number of hydrogen-bond donors (Lipinski definition) is 1. The van der Waals surface area contributed by atoms with E-state index in [1.165, 1.54) is 0 Å². The van der Waals surface area contributed by atoms with Gasteiger partial charge in [-0.05, 0) is 69.9 Å². The van der Waals surface area contributed by atoms with Gasteiger partial charge in [-0.1, -0.05) is 43.3 Å². The molecule has 4 nitrogen and oxygen atoms in total. The van der Waals surface area contributed by atoms with E-state index in [-0.39, 0.29) is 12.5 Å². The molecule has 1 amide bonds. The minimum absolute atomic E-state index is 0.0721. The number of ether oxygens (including phenoxy) is 2. The number of nitrogens with one attached hydrogen (secondary N) is 1. The first kappa shape index (κ1) is 20.0. The molecule has 1 N–H and O–H groups in total. The van der Waals surface area contributed by atoms with Crippen LogP contribution in [-0.4, -0.2) is 19.1 Å². The highest BCUT2D eigenvalue weighted by atomic mass is 79.9. The molecule has 144 valence electrons. The minimum Gasteiger partial charge on any atom is -0.494 e. The van der Waals surface area contributed by atoms with E-state index in [2.05, 4.69) is 28.2 Å². The Bertz CT molecular complexity index is 911. The molecule has 3 rings (SSSR count). The third kappa shape index (κ3) is 5.60. The van der Waals surface area contributed by atoms with Gasteiger partial charge in [0.05, 0.1) is 11.1 Å². The molecule has 0 saturated heterocycles. The molecule has 0 aliphatic heterocycles. The molecule has 5 heteroatoms. The lowest BCUT2D eigenvalue weighted by molar-refractivity contribution is -0.118. The van der Waals surface area contributed by atoms with E-state index in [1.807, 2.05) is 72.8 Å². The summed E-state index contributed by atoms with van der Waals surface area (Å²) in [6, 6.07) is 23.2. The van der Waals surface area contributed by atoms with Gasteiger partial charge in [0, 0.05) is 5.69 Å². The zero-order chi connectivity index (χ0) is 19.8. The normalized spacial score (nSPS) is 10.4. The highest BCUT2D eigenvalue weighted by Gasteiger charge is 2.08. The van der Waals surface area contributed by atoms with Crippen molar-refractivity contribution in [2.75, 3.05) is 18.5 Å². The van der Waals surface area contributed by atoms with Gasteiger partial charge >= 0.3 is 0 Å². The molecule has 0 heterocycles. The number of hydrogen-bond acceptors (Lipinski definition) is 3. The van der Waals surface area contributed by atoms with Crippen molar-refractivity contribution in [1.82, 2.24) is 0 Å². The van der Waals surface area contributed by atoms with Crippen molar-refractivity contribution in [1.29, 1.82) is 0 Å². The van der Waals surface area contributed by atoms with Gasteiger partial charge in [0.25, 0.3) is 5.91 Å². The van der Waals surface area contributed by atoms with Crippen LogP contribution >= 0.6 is 15.9 Å². The molecule has 0 saturated carbocycles. The zero-order valence-electron chi connectivity index (χ0n) is 15.7. The lowest BCUT2D eigenvalue weighted by Crippen LogP contribution is -2.20. The summed E-state index contributed by atoms with van der Waals surface area (Å²) in [5.74, 6) is 1.19. The number of carbonyl (C=O) groups excluding carboxylic acids is 1. The number of amides is 1. The number of carbonyl (C=O) groups is 1. The van der Waals surface area contributed by atoms with E-state index in [9.17, 15) is 4.79 Å². The predicted molar refractivity (Wildman–Crippen MR) is 116 cm³/mol. The van der Waals surface area contributed by atoms with E-state index in [0.717, 1.165) is 27.8 Å². The Hall–Kier alpha value is -2.79. The highest BCUT2D eigenvalue weighted by molar-refractivity contribution is 9.10. The van der Waals surface area contributed by atoms with Crippen LogP contribution in [0.1, 0.15) is 13.3 Å². The summed E-state index contributed by atoms with van der Waals surface area (Å²) in [5, 5.41) is 2.82. The standard InChI is InChI=1S/C23H22BrNO3/c1-2-14-27-20-11-9-19(10-12-20)25-23(26)16-28-22-13-8-18(15-21(22)24)17-6-4-3-5-7-17/h3-13,15H,2,14,16H2,1H3,(H,25,26). The van der Waals surface area contributed by atoms with Gasteiger partial charge in [0.1, 0.15) is 11.5 Å². The smallest absolute Gasteiger partial charge is 0.262 e. The molecule has 3 aromatic rings. The van der Waals surface area contributed by atoms with Crippen LogP contribution in [0.2, 0.25) is 0 Å². The van der Waals surface area contributed by atoms with Crippen LogP contribution in [0.4, 0.5) is 5.69 Å². The molecule has 0 fully saturated rings.